The highest BCUT2D eigenvalue weighted by molar-refractivity contribution is 7.98. The quantitative estimate of drug-likeness (QED) is 0.272. The standard InChI is InChI=1S/C26H26N10O4S2/c1-15-21(37)35(25(41-5)29-27-15)31-23-33(17-9-7-11-19(13-17)39-3)24(34(23)18-10-8-12-20(14-18)40-4)32-36-22(38)16(2)28-30-26(36)42-6/h7-14H,1-6H3. The molecular weight excluding hydrogens is 580 g/mol. The number of aryl methyl sites for hydroxylation is 2. The Morgan fingerprint density at radius 1 is 0.667 bits per heavy atom. The van der Waals surface area contributed by atoms with Crippen LogP contribution >= 0.6 is 23.5 Å². The fourth-order valence-corrected chi connectivity index (χ4v) is 4.81. The van der Waals surface area contributed by atoms with Gasteiger partial charge in [0.15, 0.2) is 0 Å². The average Bonchev–Trinajstić information content (AvgIpc) is 3.01. The summed E-state index contributed by atoms with van der Waals surface area (Å²) in [5.41, 5.74) is 0.722. The van der Waals surface area contributed by atoms with Crippen molar-refractivity contribution in [1.82, 2.24) is 29.7 Å². The predicted octanol–water partition coefficient (Wildman–Crippen LogP) is 2.63. The van der Waals surface area contributed by atoms with Crippen LogP contribution in [0.25, 0.3) is 0 Å². The molecule has 0 atom stereocenters. The molecule has 1 aliphatic rings. The zero-order chi connectivity index (χ0) is 30.0. The van der Waals surface area contributed by atoms with Gasteiger partial charge in [-0.15, -0.1) is 30.6 Å². The topological polar surface area (TPSA) is 145 Å². The number of benzene rings is 2. The normalized spacial score (nSPS) is 12.7. The summed E-state index contributed by atoms with van der Waals surface area (Å²) in [7, 11) is 3.13. The fraction of sp³-hybridized carbons (Fsp3) is 0.231. The zero-order valence-corrected chi connectivity index (χ0v) is 25.2. The van der Waals surface area contributed by atoms with E-state index in [0.29, 0.717) is 22.9 Å². The highest BCUT2D eigenvalue weighted by Gasteiger charge is 2.43. The number of hydrogen-bond donors (Lipinski definition) is 0. The third-order valence-electron chi connectivity index (χ3n) is 6.10. The van der Waals surface area contributed by atoms with Crippen molar-refractivity contribution in [2.75, 3.05) is 36.5 Å². The molecule has 16 heteroatoms. The molecule has 42 heavy (non-hydrogen) atoms. The van der Waals surface area contributed by atoms with Gasteiger partial charge in [-0.2, -0.15) is 9.35 Å². The molecule has 5 rings (SSSR count). The lowest BCUT2D eigenvalue weighted by atomic mass is 10.2. The minimum atomic E-state index is -0.432. The summed E-state index contributed by atoms with van der Waals surface area (Å²) < 4.78 is 13.3. The molecule has 4 aromatic rings. The largest absolute Gasteiger partial charge is 0.497 e. The van der Waals surface area contributed by atoms with Gasteiger partial charge in [-0.05, 0) is 50.6 Å². The van der Waals surface area contributed by atoms with Crippen molar-refractivity contribution < 1.29 is 9.47 Å². The van der Waals surface area contributed by atoms with Crippen LogP contribution in [0.2, 0.25) is 0 Å². The SMILES string of the molecule is COc1cccc(N2C(=Nn3c(SC)nnc(C)c3=O)N(c3cccc(OC)c3)C2=Nn2c(SC)nnc(C)c2=O)c1. The van der Waals surface area contributed by atoms with Gasteiger partial charge < -0.3 is 9.47 Å². The van der Waals surface area contributed by atoms with Crippen molar-refractivity contribution in [2.45, 2.75) is 24.2 Å². The first-order valence-corrected chi connectivity index (χ1v) is 14.8. The molecule has 1 aliphatic heterocycles. The van der Waals surface area contributed by atoms with E-state index < -0.39 is 11.1 Å². The van der Waals surface area contributed by atoms with Crippen LogP contribution in [-0.4, -0.2) is 68.4 Å². The molecule has 0 amide bonds. The Bertz CT molecular complexity index is 1690. The molecule has 0 saturated carbocycles. The Kier molecular flexibility index (Phi) is 8.26. The lowest BCUT2D eigenvalue weighted by molar-refractivity contribution is 0.415. The van der Waals surface area contributed by atoms with Crippen LogP contribution < -0.4 is 30.4 Å². The highest BCUT2D eigenvalue weighted by atomic mass is 32.2. The summed E-state index contributed by atoms with van der Waals surface area (Å²) in [4.78, 5) is 29.8. The van der Waals surface area contributed by atoms with Crippen molar-refractivity contribution >= 4 is 46.8 Å². The van der Waals surface area contributed by atoms with E-state index in [1.165, 1.54) is 32.9 Å². The van der Waals surface area contributed by atoms with E-state index in [4.69, 9.17) is 19.7 Å². The average molecular weight is 607 g/mol. The molecular formula is C26H26N10O4S2. The second-order valence-corrected chi connectivity index (χ2v) is 10.2. The Balaban J connectivity index is 1.84. The van der Waals surface area contributed by atoms with Gasteiger partial charge in [0.1, 0.15) is 22.9 Å². The third kappa shape index (κ3) is 5.21. The molecule has 2 aromatic heterocycles. The summed E-state index contributed by atoms with van der Waals surface area (Å²) in [6.45, 7) is 3.14. The lowest BCUT2D eigenvalue weighted by Crippen LogP contribution is -2.67. The van der Waals surface area contributed by atoms with Crippen LogP contribution in [-0.2, 0) is 0 Å². The van der Waals surface area contributed by atoms with E-state index in [0.717, 1.165) is 0 Å². The van der Waals surface area contributed by atoms with E-state index >= 15 is 0 Å². The predicted molar refractivity (Wildman–Crippen MR) is 162 cm³/mol. The van der Waals surface area contributed by atoms with Crippen molar-refractivity contribution in [1.29, 1.82) is 0 Å². The Hall–Kier alpha value is -4.70. The molecule has 0 spiro atoms. The number of nitrogens with zero attached hydrogens (tertiary/aromatic N) is 10. The molecule has 1 saturated heterocycles. The lowest BCUT2D eigenvalue weighted by Gasteiger charge is -2.45. The van der Waals surface area contributed by atoms with Crippen molar-refractivity contribution in [3.63, 3.8) is 0 Å². The smallest absolute Gasteiger partial charge is 0.296 e. The number of thioether (sulfide) groups is 2. The van der Waals surface area contributed by atoms with Crippen LogP contribution in [0.15, 0.2) is 78.6 Å². The summed E-state index contributed by atoms with van der Waals surface area (Å²) in [5.74, 6) is 1.74. The summed E-state index contributed by atoms with van der Waals surface area (Å²) in [6.07, 6.45) is 3.55. The first-order chi connectivity index (χ1) is 20.3. The van der Waals surface area contributed by atoms with E-state index in [-0.39, 0.29) is 33.6 Å². The number of guanidine groups is 2. The molecule has 0 radical (unpaired) electrons. The molecule has 14 nitrogen and oxygen atoms in total. The summed E-state index contributed by atoms with van der Waals surface area (Å²) in [6, 6.07) is 14.5. The van der Waals surface area contributed by atoms with E-state index in [2.05, 4.69) is 20.4 Å². The van der Waals surface area contributed by atoms with Gasteiger partial charge in [0.25, 0.3) is 11.1 Å². The Labute approximate surface area is 248 Å². The number of anilines is 2. The number of hydrogen-bond acceptors (Lipinski definition) is 12. The number of aromatic nitrogens is 6. The van der Waals surface area contributed by atoms with E-state index in [1.807, 2.05) is 24.3 Å². The van der Waals surface area contributed by atoms with Gasteiger partial charge in [0.05, 0.1) is 25.6 Å². The monoisotopic (exact) mass is 606 g/mol. The minimum absolute atomic E-state index is 0.181. The number of rotatable bonds is 8. The Morgan fingerprint density at radius 3 is 1.43 bits per heavy atom. The van der Waals surface area contributed by atoms with Crippen LogP contribution in [0, 0.1) is 13.8 Å². The molecule has 2 aromatic carbocycles. The Morgan fingerprint density at radius 2 is 1.07 bits per heavy atom. The maximum Gasteiger partial charge on any atom is 0.296 e. The highest BCUT2D eigenvalue weighted by Crippen LogP contribution is 2.34. The fourth-order valence-electron chi connectivity index (χ4n) is 3.97. The number of methoxy groups -OCH3 is 2. The zero-order valence-electron chi connectivity index (χ0n) is 23.5. The van der Waals surface area contributed by atoms with Crippen LogP contribution in [0.3, 0.4) is 0 Å². The van der Waals surface area contributed by atoms with Crippen molar-refractivity contribution in [2.24, 2.45) is 10.2 Å². The van der Waals surface area contributed by atoms with Gasteiger partial charge in [-0.1, -0.05) is 35.7 Å². The van der Waals surface area contributed by atoms with Gasteiger partial charge in [0.2, 0.25) is 22.2 Å². The molecule has 1 fully saturated rings. The third-order valence-corrected chi connectivity index (χ3v) is 7.34. The molecule has 216 valence electrons. The molecule has 3 heterocycles. The van der Waals surface area contributed by atoms with Crippen molar-refractivity contribution in [3.05, 3.63) is 80.6 Å². The number of ether oxygens (including phenoxy) is 2. The molecule has 0 N–H and O–H groups in total. The second-order valence-electron chi connectivity index (χ2n) is 8.65. The van der Waals surface area contributed by atoms with E-state index in [9.17, 15) is 9.59 Å². The maximum atomic E-state index is 13.2. The van der Waals surface area contributed by atoms with Gasteiger partial charge in [-0.25, -0.2) is 9.80 Å². The molecule has 0 aliphatic carbocycles. The first-order valence-electron chi connectivity index (χ1n) is 12.4. The first kappa shape index (κ1) is 28.8. The minimum Gasteiger partial charge on any atom is -0.497 e. The summed E-state index contributed by atoms with van der Waals surface area (Å²) in [5, 5.41) is 26.3. The van der Waals surface area contributed by atoms with E-state index in [1.54, 1.807) is 74.6 Å². The van der Waals surface area contributed by atoms with Crippen LogP contribution in [0.4, 0.5) is 11.4 Å². The van der Waals surface area contributed by atoms with Crippen molar-refractivity contribution in [3.8, 4) is 11.5 Å². The second kappa shape index (κ2) is 12.0. The van der Waals surface area contributed by atoms with Gasteiger partial charge >= 0.3 is 0 Å². The summed E-state index contributed by atoms with van der Waals surface area (Å²) >= 11 is 2.45. The van der Waals surface area contributed by atoms with Crippen LogP contribution in [0.5, 0.6) is 11.5 Å². The van der Waals surface area contributed by atoms with Crippen LogP contribution in [0.1, 0.15) is 11.4 Å². The van der Waals surface area contributed by atoms with Gasteiger partial charge in [0, 0.05) is 12.1 Å². The maximum absolute atomic E-state index is 13.2. The van der Waals surface area contributed by atoms with Gasteiger partial charge in [-0.3, -0.25) is 9.59 Å². The molecule has 0 bridgehead atoms. The molecule has 0 unspecified atom stereocenters.